The summed E-state index contributed by atoms with van der Waals surface area (Å²) >= 11 is 0. The van der Waals surface area contributed by atoms with Crippen LogP contribution in [0.1, 0.15) is 33.9 Å². The van der Waals surface area contributed by atoms with Gasteiger partial charge in [0, 0.05) is 6.54 Å². The standard InChI is InChI=1S/C19H21NO2/c1-12-3-4-15(9-13(12)2)19-16-11-18-17(21-7-8-22-18)10-14(16)5-6-20-19/h3-4,9-11,19-20H,5-8H2,1-2H3. The summed E-state index contributed by atoms with van der Waals surface area (Å²) in [6.45, 7) is 6.59. The van der Waals surface area contributed by atoms with E-state index in [2.05, 4.69) is 49.5 Å². The number of aryl methyl sites for hydroxylation is 2. The van der Waals surface area contributed by atoms with Crippen molar-refractivity contribution >= 4 is 0 Å². The third-order valence-corrected chi connectivity index (χ3v) is 4.72. The Labute approximate surface area is 131 Å². The molecule has 22 heavy (non-hydrogen) atoms. The second-order valence-electron chi connectivity index (χ2n) is 6.18. The van der Waals surface area contributed by atoms with Gasteiger partial charge in [0.15, 0.2) is 11.5 Å². The van der Waals surface area contributed by atoms with Crippen LogP contribution in [-0.2, 0) is 6.42 Å². The van der Waals surface area contributed by atoms with E-state index in [0.29, 0.717) is 13.2 Å². The molecule has 3 heteroatoms. The van der Waals surface area contributed by atoms with Crippen LogP contribution in [0.25, 0.3) is 0 Å². The summed E-state index contributed by atoms with van der Waals surface area (Å²) < 4.78 is 11.5. The summed E-state index contributed by atoms with van der Waals surface area (Å²) in [5.41, 5.74) is 6.68. The fourth-order valence-corrected chi connectivity index (χ4v) is 3.33. The molecule has 0 saturated heterocycles. The van der Waals surface area contributed by atoms with E-state index in [9.17, 15) is 0 Å². The number of hydrogen-bond donors (Lipinski definition) is 1. The van der Waals surface area contributed by atoms with E-state index in [0.717, 1.165) is 24.5 Å². The molecule has 0 fully saturated rings. The molecule has 2 heterocycles. The average Bonchev–Trinajstić information content (AvgIpc) is 2.55. The Balaban J connectivity index is 1.79. The molecule has 1 atom stereocenters. The van der Waals surface area contributed by atoms with Crippen molar-refractivity contribution < 1.29 is 9.47 Å². The normalized spacial score (nSPS) is 19.6. The van der Waals surface area contributed by atoms with Crippen LogP contribution >= 0.6 is 0 Å². The van der Waals surface area contributed by atoms with Crippen molar-refractivity contribution in [1.82, 2.24) is 5.32 Å². The highest BCUT2D eigenvalue weighted by atomic mass is 16.6. The highest BCUT2D eigenvalue weighted by Gasteiger charge is 2.25. The number of hydrogen-bond acceptors (Lipinski definition) is 3. The van der Waals surface area contributed by atoms with Gasteiger partial charge in [-0.25, -0.2) is 0 Å². The van der Waals surface area contributed by atoms with Crippen LogP contribution < -0.4 is 14.8 Å². The SMILES string of the molecule is Cc1ccc(C2NCCc3cc4c(cc32)OCCO4)cc1C. The molecule has 0 radical (unpaired) electrons. The summed E-state index contributed by atoms with van der Waals surface area (Å²) in [6.07, 6.45) is 1.04. The summed E-state index contributed by atoms with van der Waals surface area (Å²) in [7, 11) is 0. The summed E-state index contributed by atoms with van der Waals surface area (Å²) in [5, 5.41) is 3.65. The van der Waals surface area contributed by atoms with Crippen LogP contribution in [0.2, 0.25) is 0 Å². The summed E-state index contributed by atoms with van der Waals surface area (Å²) in [6, 6.07) is 11.3. The van der Waals surface area contributed by atoms with Crippen molar-refractivity contribution in [3.63, 3.8) is 0 Å². The lowest BCUT2D eigenvalue weighted by Crippen LogP contribution is -2.31. The van der Waals surface area contributed by atoms with Crippen molar-refractivity contribution in [3.05, 3.63) is 58.1 Å². The Kier molecular flexibility index (Phi) is 3.30. The van der Waals surface area contributed by atoms with Gasteiger partial charge in [0.05, 0.1) is 6.04 Å². The smallest absolute Gasteiger partial charge is 0.161 e. The molecule has 0 amide bonds. The first-order valence-electron chi connectivity index (χ1n) is 7.95. The first kappa shape index (κ1) is 13.6. The minimum atomic E-state index is 0.235. The molecule has 3 nitrogen and oxygen atoms in total. The zero-order valence-electron chi connectivity index (χ0n) is 13.1. The van der Waals surface area contributed by atoms with Gasteiger partial charge < -0.3 is 14.8 Å². The molecule has 0 saturated carbocycles. The zero-order valence-corrected chi connectivity index (χ0v) is 13.1. The maximum absolute atomic E-state index is 5.76. The molecule has 1 unspecified atom stereocenters. The molecule has 2 aliphatic rings. The van der Waals surface area contributed by atoms with Crippen LogP contribution in [-0.4, -0.2) is 19.8 Å². The van der Waals surface area contributed by atoms with E-state index in [1.807, 2.05) is 0 Å². The Morgan fingerprint density at radius 2 is 1.73 bits per heavy atom. The Hall–Kier alpha value is -2.00. The third kappa shape index (κ3) is 2.26. The molecule has 4 rings (SSSR count). The monoisotopic (exact) mass is 295 g/mol. The van der Waals surface area contributed by atoms with E-state index < -0.39 is 0 Å². The average molecular weight is 295 g/mol. The molecular weight excluding hydrogens is 274 g/mol. The van der Waals surface area contributed by atoms with Gasteiger partial charge in [0.25, 0.3) is 0 Å². The predicted octanol–water partition coefficient (Wildman–Crippen LogP) is 3.31. The van der Waals surface area contributed by atoms with Gasteiger partial charge in [-0.1, -0.05) is 18.2 Å². The van der Waals surface area contributed by atoms with Gasteiger partial charge in [-0.2, -0.15) is 0 Å². The highest BCUT2D eigenvalue weighted by Crippen LogP contribution is 2.39. The van der Waals surface area contributed by atoms with E-state index in [1.54, 1.807) is 0 Å². The maximum atomic E-state index is 5.76. The number of fused-ring (bicyclic) bond motifs is 2. The van der Waals surface area contributed by atoms with Gasteiger partial charge in [-0.05, 0) is 60.2 Å². The van der Waals surface area contributed by atoms with Crippen molar-refractivity contribution in [2.45, 2.75) is 26.3 Å². The van der Waals surface area contributed by atoms with Gasteiger partial charge in [0.1, 0.15) is 13.2 Å². The molecule has 2 aliphatic heterocycles. The molecule has 0 aliphatic carbocycles. The number of benzene rings is 2. The zero-order chi connectivity index (χ0) is 15.1. The Morgan fingerprint density at radius 3 is 2.50 bits per heavy atom. The minimum Gasteiger partial charge on any atom is -0.486 e. The Bertz CT molecular complexity index is 724. The lowest BCUT2D eigenvalue weighted by molar-refractivity contribution is 0.171. The van der Waals surface area contributed by atoms with Crippen LogP contribution in [0.4, 0.5) is 0 Å². The first-order chi connectivity index (χ1) is 10.7. The van der Waals surface area contributed by atoms with Gasteiger partial charge >= 0.3 is 0 Å². The van der Waals surface area contributed by atoms with Crippen molar-refractivity contribution in [2.75, 3.05) is 19.8 Å². The lowest BCUT2D eigenvalue weighted by atomic mass is 9.88. The van der Waals surface area contributed by atoms with Gasteiger partial charge in [-0.15, -0.1) is 0 Å². The molecule has 0 spiro atoms. The van der Waals surface area contributed by atoms with Crippen LogP contribution in [0.3, 0.4) is 0 Å². The lowest BCUT2D eigenvalue weighted by Gasteiger charge is -2.30. The molecular formula is C19H21NO2. The van der Waals surface area contributed by atoms with Crippen molar-refractivity contribution in [1.29, 1.82) is 0 Å². The number of ether oxygens (including phenoxy) is 2. The number of nitrogens with one attached hydrogen (secondary N) is 1. The minimum absolute atomic E-state index is 0.235. The molecule has 2 aromatic rings. The Morgan fingerprint density at radius 1 is 0.955 bits per heavy atom. The quantitative estimate of drug-likeness (QED) is 0.875. The topological polar surface area (TPSA) is 30.5 Å². The predicted molar refractivity (Wildman–Crippen MR) is 86.9 cm³/mol. The largest absolute Gasteiger partial charge is 0.486 e. The molecule has 2 aromatic carbocycles. The van der Waals surface area contributed by atoms with Crippen molar-refractivity contribution in [3.8, 4) is 11.5 Å². The van der Waals surface area contributed by atoms with Crippen LogP contribution in [0.5, 0.6) is 11.5 Å². The van der Waals surface area contributed by atoms with Crippen LogP contribution in [0, 0.1) is 13.8 Å². The summed E-state index contributed by atoms with van der Waals surface area (Å²) in [4.78, 5) is 0. The fraction of sp³-hybridized carbons (Fsp3) is 0.368. The van der Waals surface area contributed by atoms with E-state index in [4.69, 9.17) is 9.47 Å². The van der Waals surface area contributed by atoms with E-state index >= 15 is 0 Å². The first-order valence-corrected chi connectivity index (χ1v) is 7.95. The summed E-state index contributed by atoms with van der Waals surface area (Å²) in [5.74, 6) is 1.77. The third-order valence-electron chi connectivity index (χ3n) is 4.72. The van der Waals surface area contributed by atoms with Gasteiger partial charge in [-0.3, -0.25) is 0 Å². The highest BCUT2D eigenvalue weighted by molar-refractivity contribution is 5.52. The molecule has 114 valence electrons. The molecule has 0 bridgehead atoms. The second kappa shape index (κ2) is 5.33. The molecule has 1 N–H and O–H groups in total. The second-order valence-corrected chi connectivity index (χ2v) is 6.18. The molecule has 0 aromatic heterocycles. The number of rotatable bonds is 1. The van der Waals surface area contributed by atoms with Gasteiger partial charge in [0.2, 0.25) is 0 Å². The van der Waals surface area contributed by atoms with Crippen molar-refractivity contribution in [2.24, 2.45) is 0 Å². The fourth-order valence-electron chi connectivity index (χ4n) is 3.33. The van der Waals surface area contributed by atoms with Crippen LogP contribution in [0.15, 0.2) is 30.3 Å². The van der Waals surface area contributed by atoms with E-state index in [-0.39, 0.29) is 6.04 Å². The van der Waals surface area contributed by atoms with E-state index in [1.165, 1.54) is 27.8 Å². The maximum Gasteiger partial charge on any atom is 0.161 e.